The monoisotopic (exact) mass is 498 g/mol. The molecule has 6 nitrogen and oxygen atoms in total. The van der Waals surface area contributed by atoms with Gasteiger partial charge >= 0.3 is 0 Å². The summed E-state index contributed by atoms with van der Waals surface area (Å²) in [6.45, 7) is 3.81. The average Bonchev–Trinajstić information content (AvgIpc) is 3.45. The van der Waals surface area contributed by atoms with Crippen molar-refractivity contribution in [1.29, 1.82) is 0 Å². The van der Waals surface area contributed by atoms with Crippen LogP contribution in [0.25, 0.3) is 0 Å². The van der Waals surface area contributed by atoms with Crippen LogP contribution in [0.1, 0.15) is 30.9 Å². The molecule has 28 heavy (non-hydrogen) atoms. The minimum Gasteiger partial charge on any atom is -0.357 e. The van der Waals surface area contributed by atoms with Crippen LogP contribution < -0.4 is 10.6 Å². The van der Waals surface area contributed by atoms with Gasteiger partial charge in [-0.2, -0.15) is 0 Å². The Labute approximate surface area is 180 Å². The maximum Gasteiger partial charge on any atom is 0.269 e. The molecule has 0 bridgehead atoms. The fourth-order valence-corrected chi connectivity index (χ4v) is 3.02. The second-order valence-corrected chi connectivity index (χ2v) is 6.76. The van der Waals surface area contributed by atoms with E-state index in [1.807, 2.05) is 13.0 Å². The van der Waals surface area contributed by atoms with Crippen LogP contribution in [-0.4, -0.2) is 24.0 Å². The van der Waals surface area contributed by atoms with Crippen molar-refractivity contribution in [2.45, 2.75) is 31.7 Å². The lowest BCUT2D eigenvalue weighted by Crippen LogP contribution is -2.41. The zero-order chi connectivity index (χ0) is 19.3. The Morgan fingerprint density at radius 1 is 1.21 bits per heavy atom. The summed E-state index contributed by atoms with van der Waals surface area (Å²) in [5.41, 5.74) is 1.94. The lowest BCUT2D eigenvalue weighted by atomic mass is 9.96. The summed E-state index contributed by atoms with van der Waals surface area (Å²) >= 11 is 0. The number of guanidine groups is 1. The fourth-order valence-electron chi connectivity index (χ4n) is 3.02. The minimum atomic E-state index is -0.416. The van der Waals surface area contributed by atoms with E-state index in [1.54, 1.807) is 24.3 Å². The van der Waals surface area contributed by atoms with E-state index in [0.29, 0.717) is 19.0 Å². The summed E-state index contributed by atoms with van der Waals surface area (Å²) in [7, 11) is 0. The molecular weight excluding hydrogens is 474 g/mol. The van der Waals surface area contributed by atoms with Crippen molar-refractivity contribution in [2.24, 2.45) is 4.99 Å². The fraction of sp³-hybridized carbons (Fsp3) is 0.350. The van der Waals surface area contributed by atoms with Gasteiger partial charge in [-0.05, 0) is 43.0 Å². The van der Waals surface area contributed by atoms with Crippen molar-refractivity contribution < 1.29 is 9.31 Å². The van der Waals surface area contributed by atoms with Crippen LogP contribution >= 0.6 is 24.0 Å². The average molecular weight is 498 g/mol. The highest BCUT2D eigenvalue weighted by Crippen LogP contribution is 2.47. The SMILES string of the molecule is CCNC(=NCc1ccc([N+](=O)[O-])cc1)NCC1(c2cccc(F)c2)CC1.I. The molecule has 0 unspecified atom stereocenters. The molecule has 0 aliphatic heterocycles. The first-order chi connectivity index (χ1) is 13.0. The molecule has 1 aliphatic carbocycles. The van der Waals surface area contributed by atoms with E-state index in [4.69, 9.17) is 0 Å². The Morgan fingerprint density at radius 2 is 1.93 bits per heavy atom. The zero-order valence-electron chi connectivity index (χ0n) is 15.7. The van der Waals surface area contributed by atoms with Crippen LogP contribution in [0, 0.1) is 15.9 Å². The Kier molecular flexibility index (Phi) is 7.73. The zero-order valence-corrected chi connectivity index (χ0v) is 18.0. The van der Waals surface area contributed by atoms with Gasteiger partial charge in [-0.25, -0.2) is 9.38 Å². The van der Waals surface area contributed by atoms with E-state index in [1.165, 1.54) is 18.2 Å². The van der Waals surface area contributed by atoms with Gasteiger partial charge in [0.15, 0.2) is 5.96 Å². The summed E-state index contributed by atoms with van der Waals surface area (Å²) in [6, 6.07) is 13.2. The van der Waals surface area contributed by atoms with E-state index >= 15 is 0 Å². The van der Waals surface area contributed by atoms with Gasteiger partial charge in [0.2, 0.25) is 0 Å². The number of benzene rings is 2. The first-order valence-electron chi connectivity index (χ1n) is 9.04. The van der Waals surface area contributed by atoms with E-state index in [9.17, 15) is 14.5 Å². The van der Waals surface area contributed by atoms with Crippen molar-refractivity contribution in [3.05, 3.63) is 75.6 Å². The summed E-state index contributed by atoms with van der Waals surface area (Å²) in [5, 5.41) is 17.3. The third-order valence-corrected chi connectivity index (χ3v) is 4.80. The lowest BCUT2D eigenvalue weighted by molar-refractivity contribution is -0.384. The number of hydrogen-bond donors (Lipinski definition) is 2. The normalized spacial score (nSPS) is 14.7. The van der Waals surface area contributed by atoms with E-state index in [2.05, 4.69) is 15.6 Å². The summed E-state index contributed by atoms with van der Waals surface area (Å²) in [4.78, 5) is 14.9. The number of nitrogens with zero attached hydrogens (tertiary/aromatic N) is 2. The third kappa shape index (κ3) is 5.63. The van der Waals surface area contributed by atoms with Crippen LogP contribution in [0.4, 0.5) is 10.1 Å². The Bertz CT molecular complexity index is 838. The van der Waals surface area contributed by atoms with Gasteiger partial charge in [-0.15, -0.1) is 24.0 Å². The molecule has 0 amide bonds. The van der Waals surface area contributed by atoms with Crippen LogP contribution in [0.15, 0.2) is 53.5 Å². The Balaban J connectivity index is 0.00000280. The standard InChI is InChI=1S/C20H23FN4O2.HI/c1-2-22-19(23-13-15-6-8-18(9-7-15)25(26)27)24-14-20(10-11-20)16-4-3-5-17(21)12-16;/h3-9,12H,2,10-11,13-14H2,1H3,(H2,22,23,24);1H. The van der Waals surface area contributed by atoms with Gasteiger partial charge in [0.1, 0.15) is 5.82 Å². The molecule has 0 atom stereocenters. The van der Waals surface area contributed by atoms with E-state index in [0.717, 1.165) is 30.5 Å². The molecule has 1 saturated carbocycles. The number of hydrogen-bond acceptors (Lipinski definition) is 3. The van der Waals surface area contributed by atoms with Crippen LogP contribution in [0.3, 0.4) is 0 Å². The van der Waals surface area contributed by atoms with E-state index < -0.39 is 4.92 Å². The number of nitro groups is 1. The highest BCUT2D eigenvalue weighted by Gasteiger charge is 2.44. The van der Waals surface area contributed by atoms with Crippen LogP contribution in [0.2, 0.25) is 0 Å². The van der Waals surface area contributed by atoms with Crippen molar-refractivity contribution in [2.75, 3.05) is 13.1 Å². The quantitative estimate of drug-likeness (QED) is 0.198. The predicted octanol–water partition coefficient (Wildman–Crippen LogP) is 4.14. The maximum absolute atomic E-state index is 13.5. The molecule has 8 heteroatoms. The van der Waals surface area contributed by atoms with Gasteiger partial charge < -0.3 is 10.6 Å². The smallest absolute Gasteiger partial charge is 0.269 e. The van der Waals surface area contributed by atoms with Crippen molar-refractivity contribution in [1.82, 2.24) is 10.6 Å². The molecule has 1 aliphatic rings. The summed E-state index contributed by atoms with van der Waals surface area (Å²) < 4.78 is 13.5. The highest BCUT2D eigenvalue weighted by molar-refractivity contribution is 14.0. The molecule has 0 saturated heterocycles. The van der Waals surface area contributed by atoms with Gasteiger partial charge in [0, 0.05) is 30.6 Å². The van der Waals surface area contributed by atoms with Crippen molar-refractivity contribution in [3.63, 3.8) is 0 Å². The molecule has 0 radical (unpaired) electrons. The number of nitrogens with one attached hydrogen (secondary N) is 2. The van der Waals surface area contributed by atoms with Gasteiger partial charge in [0.05, 0.1) is 11.5 Å². The number of non-ortho nitro benzene ring substituents is 1. The molecule has 2 aromatic carbocycles. The molecule has 2 aromatic rings. The molecule has 0 heterocycles. The number of rotatable bonds is 7. The largest absolute Gasteiger partial charge is 0.357 e. The first-order valence-corrected chi connectivity index (χ1v) is 9.04. The van der Waals surface area contributed by atoms with Crippen molar-refractivity contribution in [3.8, 4) is 0 Å². The molecular formula is C20H24FIN4O2. The third-order valence-electron chi connectivity index (χ3n) is 4.80. The van der Waals surface area contributed by atoms with Gasteiger partial charge in [0.25, 0.3) is 5.69 Å². The predicted molar refractivity (Wildman–Crippen MR) is 119 cm³/mol. The Morgan fingerprint density at radius 3 is 2.50 bits per heavy atom. The number of halogens is 2. The van der Waals surface area contributed by atoms with Gasteiger partial charge in [-0.1, -0.05) is 24.3 Å². The maximum atomic E-state index is 13.5. The Hall–Kier alpha value is -2.23. The first kappa shape index (κ1) is 22.1. The minimum absolute atomic E-state index is 0. The molecule has 0 aromatic heterocycles. The second-order valence-electron chi connectivity index (χ2n) is 6.76. The second kappa shape index (κ2) is 9.81. The topological polar surface area (TPSA) is 79.6 Å². The van der Waals surface area contributed by atoms with Crippen LogP contribution in [-0.2, 0) is 12.0 Å². The van der Waals surface area contributed by atoms with E-state index in [-0.39, 0.29) is 40.9 Å². The highest BCUT2D eigenvalue weighted by atomic mass is 127. The number of aliphatic imine (C=N–C) groups is 1. The summed E-state index contributed by atoms with van der Waals surface area (Å²) in [6.07, 6.45) is 2.04. The number of nitro benzene ring substituents is 1. The van der Waals surface area contributed by atoms with Crippen molar-refractivity contribution >= 4 is 35.6 Å². The van der Waals surface area contributed by atoms with Crippen LogP contribution in [0.5, 0.6) is 0 Å². The molecule has 150 valence electrons. The summed E-state index contributed by atoms with van der Waals surface area (Å²) in [5.74, 6) is 0.469. The molecule has 2 N–H and O–H groups in total. The van der Waals surface area contributed by atoms with Gasteiger partial charge in [-0.3, -0.25) is 10.1 Å². The lowest BCUT2D eigenvalue weighted by Gasteiger charge is -2.19. The molecule has 1 fully saturated rings. The molecule has 3 rings (SSSR count). The molecule has 0 spiro atoms.